The number of nitrogens with one attached hydrogen (secondary N) is 2. The summed E-state index contributed by atoms with van der Waals surface area (Å²) >= 11 is 0. The first-order valence-electron chi connectivity index (χ1n) is 11.3. The molecule has 4 aliphatic carbocycles. The third-order valence-electron chi connectivity index (χ3n) is 7.89. The van der Waals surface area contributed by atoms with Gasteiger partial charge in [-0.15, -0.1) is 0 Å². The summed E-state index contributed by atoms with van der Waals surface area (Å²) < 4.78 is 5.31. The third kappa shape index (κ3) is 3.80. The predicted molar refractivity (Wildman–Crippen MR) is 119 cm³/mol. The fourth-order valence-corrected chi connectivity index (χ4v) is 6.53. The number of aromatic nitrogens is 3. The molecule has 6 rings (SSSR count). The zero-order valence-corrected chi connectivity index (χ0v) is 18.3. The van der Waals surface area contributed by atoms with E-state index in [4.69, 9.17) is 4.74 Å². The minimum Gasteiger partial charge on any atom is -0.481 e. The van der Waals surface area contributed by atoms with Gasteiger partial charge in [0.1, 0.15) is 17.5 Å². The first-order valence-corrected chi connectivity index (χ1v) is 11.3. The Morgan fingerprint density at radius 3 is 2.74 bits per heavy atom. The molecule has 5 atom stereocenters. The van der Waals surface area contributed by atoms with Gasteiger partial charge in [0.2, 0.25) is 11.8 Å². The van der Waals surface area contributed by atoms with Crippen LogP contribution in [0.1, 0.15) is 50.2 Å². The summed E-state index contributed by atoms with van der Waals surface area (Å²) in [5.41, 5.74) is 1.77. The average molecular weight is 419 g/mol. The van der Waals surface area contributed by atoms with Crippen LogP contribution < -0.4 is 15.4 Å². The Labute approximate surface area is 183 Å². The summed E-state index contributed by atoms with van der Waals surface area (Å²) in [5, 5.41) is 16.3. The number of hydrogen-bond acceptors (Lipinski definition) is 7. The molecule has 0 amide bonds. The van der Waals surface area contributed by atoms with Crippen molar-refractivity contribution in [2.45, 2.75) is 45.6 Å². The number of ether oxygens (including phenoxy) is 1. The van der Waals surface area contributed by atoms with E-state index < -0.39 is 0 Å². The maximum atomic E-state index is 9.57. The smallest absolute Gasteiger partial charge is 0.224 e. The van der Waals surface area contributed by atoms with Crippen molar-refractivity contribution in [2.75, 3.05) is 24.3 Å². The third-order valence-corrected chi connectivity index (χ3v) is 7.89. The summed E-state index contributed by atoms with van der Waals surface area (Å²) in [7, 11) is 1.61. The van der Waals surface area contributed by atoms with Crippen LogP contribution in [0.2, 0.25) is 0 Å². The molecule has 4 bridgehead atoms. The van der Waals surface area contributed by atoms with Crippen LogP contribution in [-0.4, -0.2) is 28.6 Å². The van der Waals surface area contributed by atoms with E-state index in [1.54, 1.807) is 19.5 Å². The van der Waals surface area contributed by atoms with Crippen molar-refractivity contribution < 1.29 is 4.74 Å². The van der Waals surface area contributed by atoms with Crippen LogP contribution in [0.15, 0.2) is 24.5 Å². The van der Waals surface area contributed by atoms with Gasteiger partial charge in [-0.2, -0.15) is 10.2 Å². The fourth-order valence-electron chi connectivity index (χ4n) is 6.53. The fraction of sp³-hybridized carbons (Fsp3) is 0.583. The minimum absolute atomic E-state index is 0.358. The van der Waals surface area contributed by atoms with Crippen molar-refractivity contribution >= 4 is 11.8 Å². The van der Waals surface area contributed by atoms with Crippen LogP contribution in [-0.2, 0) is 6.54 Å². The summed E-state index contributed by atoms with van der Waals surface area (Å²) in [5.74, 6) is 5.22. The van der Waals surface area contributed by atoms with Gasteiger partial charge in [0.25, 0.3) is 0 Å². The van der Waals surface area contributed by atoms with E-state index in [2.05, 4.69) is 38.6 Å². The monoisotopic (exact) mass is 418 g/mol. The summed E-state index contributed by atoms with van der Waals surface area (Å²) in [6, 6.07) is 6.06. The van der Waals surface area contributed by atoms with E-state index in [0.717, 1.165) is 35.8 Å². The van der Waals surface area contributed by atoms with Gasteiger partial charge < -0.3 is 15.4 Å². The molecule has 7 heteroatoms. The number of rotatable bonds is 7. The van der Waals surface area contributed by atoms with Gasteiger partial charge in [-0.05, 0) is 67.3 Å². The second-order valence-corrected chi connectivity index (χ2v) is 9.78. The molecule has 0 spiro atoms. The molecule has 162 valence electrons. The predicted octanol–water partition coefficient (Wildman–Crippen LogP) is 4.24. The largest absolute Gasteiger partial charge is 0.481 e. The van der Waals surface area contributed by atoms with Gasteiger partial charge in [0.15, 0.2) is 0 Å². The van der Waals surface area contributed by atoms with Crippen molar-refractivity contribution in [3.8, 4) is 11.9 Å². The van der Waals surface area contributed by atoms with Gasteiger partial charge in [0, 0.05) is 24.8 Å². The summed E-state index contributed by atoms with van der Waals surface area (Å²) in [4.78, 5) is 13.2. The Morgan fingerprint density at radius 2 is 2.00 bits per heavy atom. The molecular formula is C24H30N6O. The first kappa shape index (κ1) is 20.0. The highest BCUT2D eigenvalue weighted by molar-refractivity contribution is 5.53. The molecule has 2 aromatic rings. The number of pyridine rings is 1. The molecule has 4 fully saturated rings. The Hall–Kier alpha value is -2.88. The van der Waals surface area contributed by atoms with E-state index in [1.807, 2.05) is 12.1 Å². The molecule has 4 saturated carbocycles. The van der Waals surface area contributed by atoms with Crippen LogP contribution in [0.25, 0.3) is 0 Å². The zero-order valence-electron chi connectivity index (χ0n) is 18.3. The van der Waals surface area contributed by atoms with Crippen LogP contribution in [0.3, 0.4) is 0 Å². The quantitative estimate of drug-likeness (QED) is 0.694. The number of methoxy groups -OCH3 is 1. The molecule has 2 N–H and O–H groups in total. The van der Waals surface area contributed by atoms with Crippen LogP contribution in [0.4, 0.5) is 11.8 Å². The van der Waals surface area contributed by atoms with Crippen LogP contribution >= 0.6 is 0 Å². The van der Waals surface area contributed by atoms with Crippen molar-refractivity contribution in [3.05, 3.63) is 35.7 Å². The second-order valence-electron chi connectivity index (χ2n) is 9.78. The van der Waals surface area contributed by atoms with Crippen molar-refractivity contribution in [1.82, 2.24) is 15.0 Å². The number of anilines is 2. The Kier molecular flexibility index (Phi) is 5.17. The Bertz CT molecular complexity index is 986. The molecule has 4 aliphatic rings. The Morgan fingerprint density at radius 1 is 1.19 bits per heavy atom. The lowest BCUT2D eigenvalue weighted by Crippen LogP contribution is -2.52. The number of nitrogens with zero attached hydrogens (tertiary/aromatic N) is 4. The van der Waals surface area contributed by atoms with Crippen LogP contribution in [0, 0.1) is 40.4 Å². The van der Waals surface area contributed by atoms with Gasteiger partial charge >= 0.3 is 0 Å². The van der Waals surface area contributed by atoms with Crippen molar-refractivity contribution in [1.29, 1.82) is 5.26 Å². The molecule has 0 aliphatic heterocycles. The van der Waals surface area contributed by atoms with Crippen molar-refractivity contribution in [3.63, 3.8) is 0 Å². The molecule has 3 unspecified atom stereocenters. The topological polar surface area (TPSA) is 95.8 Å². The maximum absolute atomic E-state index is 9.57. The maximum Gasteiger partial charge on any atom is 0.224 e. The standard InChI is InChI=1S/C24H30N6O/c1-15-18-6-16-7-19(15)10-24(8-16,9-18)14-29-21-20(11-25)13-28-23(30-21)27-12-17-4-3-5-26-22(17)31-2/h3-5,13,15-16,18-19H,6-10,12,14H2,1-2H3,(H2,27,28,29,30)/t15?,16?,18-,19+,24?. The summed E-state index contributed by atoms with van der Waals surface area (Å²) in [6.45, 7) is 3.85. The lowest BCUT2D eigenvalue weighted by Gasteiger charge is -2.59. The van der Waals surface area contributed by atoms with E-state index >= 15 is 0 Å². The Balaban J connectivity index is 1.29. The highest BCUT2D eigenvalue weighted by Crippen LogP contribution is 2.62. The lowest BCUT2D eigenvalue weighted by molar-refractivity contribution is -0.0822. The molecule has 31 heavy (non-hydrogen) atoms. The average Bonchev–Trinajstić information content (AvgIpc) is 2.79. The molecule has 0 radical (unpaired) electrons. The second kappa shape index (κ2) is 7.99. The normalized spacial score (nSPS) is 30.6. The molecule has 0 saturated heterocycles. The van der Waals surface area contributed by atoms with E-state index in [-0.39, 0.29) is 0 Å². The highest BCUT2D eigenvalue weighted by atomic mass is 16.5. The van der Waals surface area contributed by atoms with Crippen LogP contribution in [0.5, 0.6) is 5.88 Å². The van der Waals surface area contributed by atoms with Gasteiger partial charge in [-0.25, -0.2) is 9.97 Å². The van der Waals surface area contributed by atoms with Gasteiger partial charge in [0.05, 0.1) is 13.3 Å². The SMILES string of the molecule is COc1ncccc1CNc1ncc(C#N)c(NCC23CC4C[C@H](C2)C(C)[C@@H](C4)C3)n1. The van der Waals surface area contributed by atoms with Crippen molar-refractivity contribution in [2.24, 2.45) is 29.1 Å². The highest BCUT2D eigenvalue weighted by Gasteiger charge is 2.53. The van der Waals surface area contributed by atoms with Gasteiger partial charge in [-0.3, -0.25) is 0 Å². The molecule has 0 aromatic carbocycles. The molecule has 7 nitrogen and oxygen atoms in total. The minimum atomic E-state index is 0.358. The van der Waals surface area contributed by atoms with E-state index in [1.165, 1.54) is 32.1 Å². The summed E-state index contributed by atoms with van der Waals surface area (Å²) in [6.07, 6.45) is 10.1. The first-order chi connectivity index (χ1) is 15.1. The molecular weight excluding hydrogens is 388 g/mol. The van der Waals surface area contributed by atoms with Gasteiger partial charge in [-0.1, -0.05) is 13.0 Å². The van der Waals surface area contributed by atoms with E-state index in [9.17, 15) is 5.26 Å². The molecule has 2 aromatic heterocycles. The molecule has 2 heterocycles. The number of hydrogen-bond donors (Lipinski definition) is 2. The zero-order chi connectivity index (χ0) is 21.4. The van der Waals surface area contributed by atoms with E-state index in [0.29, 0.717) is 35.2 Å². The number of nitriles is 1. The lowest BCUT2D eigenvalue weighted by atomic mass is 9.46.